The maximum Gasteiger partial charge on any atom is 0.253 e. The number of hydrazine groups is 1. The van der Waals surface area contributed by atoms with Crippen molar-refractivity contribution in [2.75, 3.05) is 25.6 Å². The van der Waals surface area contributed by atoms with E-state index in [1.54, 1.807) is 12.3 Å². The fourth-order valence-electron chi connectivity index (χ4n) is 1.68. The van der Waals surface area contributed by atoms with Crippen LogP contribution in [0.4, 0.5) is 5.69 Å². The van der Waals surface area contributed by atoms with E-state index in [9.17, 15) is 4.79 Å². The fourth-order valence-corrected chi connectivity index (χ4v) is 1.68. The van der Waals surface area contributed by atoms with Crippen LogP contribution in [0.2, 0.25) is 0 Å². The fraction of sp³-hybridized carbons (Fsp3) is 0.538. The van der Waals surface area contributed by atoms with E-state index in [4.69, 9.17) is 5.84 Å². The molecule has 0 saturated carbocycles. The molecule has 6 heteroatoms. The van der Waals surface area contributed by atoms with Gasteiger partial charge in [0.15, 0.2) is 0 Å². The predicted octanol–water partition coefficient (Wildman–Crippen LogP) is 0.827. The van der Waals surface area contributed by atoms with Crippen molar-refractivity contribution in [3.05, 3.63) is 24.0 Å². The largest absolute Gasteiger partial charge is 0.351 e. The highest BCUT2D eigenvalue weighted by molar-refractivity contribution is 5.99. The lowest BCUT2D eigenvalue weighted by molar-refractivity contribution is 0.0948. The maximum absolute atomic E-state index is 12.0. The van der Waals surface area contributed by atoms with E-state index < -0.39 is 0 Å². The summed E-state index contributed by atoms with van der Waals surface area (Å²) in [5, 5.41) is 2.88. The number of amides is 1. The topological polar surface area (TPSA) is 83.3 Å². The number of hydrogen-bond donors (Lipinski definition) is 3. The monoisotopic (exact) mass is 265 g/mol. The summed E-state index contributed by atoms with van der Waals surface area (Å²) in [6.45, 7) is 5.74. The maximum atomic E-state index is 12.0. The number of hydrogen-bond acceptors (Lipinski definition) is 5. The van der Waals surface area contributed by atoms with Crippen LogP contribution in [0, 0.1) is 0 Å². The van der Waals surface area contributed by atoms with Gasteiger partial charge in [0.05, 0.1) is 17.4 Å². The minimum Gasteiger partial charge on any atom is -0.351 e. The van der Waals surface area contributed by atoms with Crippen molar-refractivity contribution in [1.82, 2.24) is 15.2 Å². The predicted molar refractivity (Wildman–Crippen MR) is 76.8 cm³/mol. The molecule has 1 unspecified atom stereocenters. The zero-order valence-corrected chi connectivity index (χ0v) is 11.8. The van der Waals surface area contributed by atoms with Crippen LogP contribution in [0.15, 0.2) is 18.5 Å². The summed E-state index contributed by atoms with van der Waals surface area (Å²) >= 11 is 0. The molecule has 0 aliphatic rings. The standard InChI is InChI=1S/C13H23N5O/c1-4-10(2)18(3)8-7-16-13(19)11-5-6-15-9-12(11)17-14/h5-6,9-10,17H,4,7-8,14H2,1-3H3,(H,16,19). The number of pyridine rings is 1. The molecule has 0 aromatic carbocycles. The Morgan fingerprint density at radius 2 is 2.32 bits per heavy atom. The molecular formula is C13H23N5O. The van der Waals surface area contributed by atoms with Crippen molar-refractivity contribution >= 4 is 11.6 Å². The molecule has 19 heavy (non-hydrogen) atoms. The van der Waals surface area contributed by atoms with Crippen LogP contribution >= 0.6 is 0 Å². The lowest BCUT2D eigenvalue weighted by atomic mass is 10.2. The molecule has 1 rings (SSSR count). The average Bonchev–Trinajstić information content (AvgIpc) is 2.45. The van der Waals surface area contributed by atoms with Crippen LogP contribution in [0.1, 0.15) is 30.6 Å². The third-order valence-electron chi connectivity index (χ3n) is 3.31. The number of carbonyl (C=O) groups is 1. The first kappa shape index (κ1) is 15.4. The van der Waals surface area contributed by atoms with Crippen LogP contribution in [-0.2, 0) is 0 Å². The molecular weight excluding hydrogens is 242 g/mol. The number of carbonyl (C=O) groups excluding carboxylic acids is 1. The summed E-state index contributed by atoms with van der Waals surface area (Å²) in [6, 6.07) is 2.15. The van der Waals surface area contributed by atoms with Gasteiger partial charge in [-0.2, -0.15) is 0 Å². The van der Waals surface area contributed by atoms with Gasteiger partial charge in [0.25, 0.3) is 5.91 Å². The van der Waals surface area contributed by atoms with Gasteiger partial charge < -0.3 is 15.6 Å². The average molecular weight is 265 g/mol. The summed E-state index contributed by atoms with van der Waals surface area (Å²) in [7, 11) is 2.06. The lowest BCUT2D eigenvalue weighted by Gasteiger charge is -2.23. The molecule has 1 amide bonds. The summed E-state index contributed by atoms with van der Waals surface area (Å²) in [4.78, 5) is 18.1. The van der Waals surface area contributed by atoms with Gasteiger partial charge in [-0.15, -0.1) is 0 Å². The zero-order chi connectivity index (χ0) is 14.3. The lowest BCUT2D eigenvalue weighted by Crippen LogP contribution is -2.37. The van der Waals surface area contributed by atoms with Crippen LogP contribution in [0.5, 0.6) is 0 Å². The molecule has 1 aromatic heterocycles. The van der Waals surface area contributed by atoms with Crippen LogP contribution in [0.3, 0.4) is 0 Å². The van der Waals surface area contributed by atoms with Gasteiger partial charge in [-0.25, -0.2) is 0 Å². The number of likely N-dealkylation sites (N-methyl/N-ethyl adjacent to an activating group) is 1. The van der Waals surface area contributed by atoms with Crippen molar-refractivity contribution in [2.45, 2.75) is 26.3 Å². The third kappa shape index (κ3) is 4.50. The van der Waals surface area contributed by atoms with Gasteiger partial charge in [-0.1, -0.05) is 6.92 Å². The highest BCUT2D eigenvalue weighted by Crippen LogP contribution is 2.11. The Morgan fingerprint density at radius 1 is 1.58 bits per heavy atom. The van der Waals surface area contributed by atoms with E-state index in [1.807, 2.05) is 0 Å². The van der Waals surface area contributed by atoms with Crippen molar-refractivity contribution < 1.29 is 4.79 Å². The molecule has 1 aromatic rings. The van der Waals surface area contributed by atoms with E-state index in [0.717, 1.165) is 13.0 Å². The van der Waals surface area contributed by atoms with E-state index >= 15 is 0 Å². The number of anilines is 1. The van der Waals surface area contributed by atoms with Gasteiger partial charge in [0.1, 0.15) is 0 Å². The van der Waals surface area contributed by atoms with E-state index in [1.165, 1.54) is 6.20 Å². The van der Waals surface area contributed by atoms with Gasteiger partial charge in [-0.3, -0.25) is 15.6 Å². The van der Waals surface area contributed by atoms with Crippen molar-refractivity contribution in [3.63, 3.8) is 0 Å². The van der Waals surface area contributed by atoms with Crippen LogP contribution in [0.25, 0.3) is 0 Å². The van der Waals surface area contributed by atoms with Gasteiger partial charge in [-0.05, 0) is 26.5 Å². The number of nitrogens with two attached hydrogens (primary N) is 1. The first-order chi connectivity index (χ1) is 9.10. The molecule has 0 aliphatic carbocycles. The van der Waals surface area contributed by atoms with Crippen molar-refractivity contribution in [3.8, 4) is 0 Å². The quantitative estimate of drug-likeness (QED) is 0.502. The highest BCUT2D eigenvalue weighted by Gasteiger charge is 2.11. The Balaban J connectivity index is 2.47. The van der Waals surface area contributed by atoms with Gasteiger partial charge in [0, 0.05) is 25.3 Å². The molecule has 0 radical (unpaired) electrons. The smallest absolute Gasteiger partial charge is 0.253 e. The first-order valence-electron chi connectivity index (χ1n) is 6.49. The minimum atomic E-state index is -0.145. The Labute approximate surface area is 114 Å². The molecule has 0 saturated heterocycles. The second-order valence-corrected chi connectivity index (χ2v) is 4.56. The minimum absolute atomic E-state index is 0.145. The Morgan fingerprint density at radius 3 is 2.95 bits per heavy atom. The summed E-state index contributed by atoms with van der Waals surface area (Å²) in [5.41, 5.74) is 3.50. The number of rotatable bonds is 7. The third-order valence-corrected chi connectivity index (χ3v) is 3.31. The molecule has 1 heterocycles. The number of nitrogens with zero attached hydrogens (tertiary/aromatic N) is 2. The van der Waals surface area contributed by atoms with Crippen LogP contribution < -0.4 is 16.6 Å². The summed E-state index contributed by atoms with van der Waals surface area (Å²) in [5.74, 6) is 5.20. The first-order valence-corrected chi connectivity index (χ1v) is 6.49. The van der Waals surface area contributed by atoms with E-state index in [2.05, 4.69) is 41.5 Å². The van der Waals surface area contributed by atoms with Gasteiger partial charge in [0.2, 0.25) is 0 Å². The van der Waals surface area contributed by atoms with Crippen LogP contribution in [-0.4, -0.2) is 42.0 Å². The Hall–Kier alpha value is -1.66. The summed E-state index contributed by atoms with van der Waals surface area (Å²) < 4.78 is 0. The van der Waals surface area contributed by atoms with E-state index in [0.29, 0.717) is 23.8 Å². The molecule has 0 fully saturated rings. The molecule has 0 aliphatic heterocycles. The van der Waals surface area contributed by atoms with Crippen molar-refractivity contribution in [2.24, 2.45) is 5.84 Å². The molecule has 106 valence electrons. The number of aromatic nitrogens is 1. The summed E-state index contributed by atoms with van der Waals surface area (Å²) in [6.07, 6.45) is 4.19. The molecule has 6 nitrogen and oxygen atoms in total. The number of nitrogen functional groups attached to an aromatic ring is 1. The Bertz CT molecular complexity index is 410. The normalized spacial score (nSPS) is 12.3. The molecule has 0 bridgehead atoms. The molecule has 4 N–H and O–H groups in total. The second-order valence-electron chi connectivity index (χ2n) is 4.56. The Kier molecular flexibility index (Phi) is 6.24. The molecule has 0 spiro atoms. The van der Waals surface area contributed by atoms with Gasteiger partial charge >= 0.3 is 0 Å². The number of nitrogens with one attached hydrogen (secondary N) is 2. The van der Waals surface area contributed by atoms with Crippen molar-refractivity contribution in [1.29, 1.82) is 0 Å². The van der Waals surface area contributed by atoms with E-state index in [-0.39, 0.29) is 5.91 Å². The molecule has 1 atom stereocenters. The highest BCUT2D eigenvalue weighted by atomic mass is 16.1. The second kappa shape index (κ2) is 7.70. The zero-order valence-electron chi connectivity index (χ0n) is 11.8. The SMILES string of the molecule is CCC(C)N(C)CCNC(=O)c1ccncc1NN.